The van der Waals surface area contributed by atoms with E-state index in [0.29, 0.717) is 0 Å². The molecule has 48 valence electrons. The summed E-state index contributed by atoms with van der Waals surface area (Å²) < 4.78 is 0. The molecule has 2 heteroatoms. The summed E-state index contributed by atoms with van der Waals surface area (Å²) in [6.07, 6.45) is 2.03. The van der Waals surface area contributed by atoms with Crippen molar-refractivity contribution in [3.05, 3.63) is 11.8 Å². The number of hydrazine groups is 1. The predicted octanol–water partition coefficient (Wildman–Crippen LogP) is 0.976. The zero-order valence-corrected chi connectivity index (χ0v) is 6.02. The van der Waals surface area contributed by atoms with Crippen molar-refractivity contribution in [1.82, 2.24) is 10.4 Å². The number of hydrogen-bond donors (Lipinski definition) is 1. The van der Waals surface area contributed by atoms with Gasteiger partial charge in [-0.1, -0.05) is 6.08 Å². The van der Waals surface area contributed by atoms with Crippen molar-refractivity contribution in [2.75, 3.05) is 14.1 Å². The molecule has 0 radical (unpaired) electrons. The Labute approximate surface area is 51.2 Å². The van der Waals surface area contributed by atoms with Crippen molar-refractivity contribution >= 4 is 0 Å². The molecule has 2 nitrogen and oxygen atoms in total. The van der Waals surface area contributed by atoms with Gasteiger partial charge in [-0.15, -0.1) is 0 Å². The van der Waals surface area contributed by atoms with E-state index in [1.54, 1.807) is 0 Å². The molecule has 0 saturated carbocycles. The Morgan fingerprint density at radius 3 is 2.12 bits per heavy atom. The van der Waals surface area contributed by atoms with Gasteiger partial charge in [-0.3, -0.25) is 0 Å². The van der Waals surface area contributed by atoms with Gasteiger partial charge in [0.2, 0.25) is 0 Å². The first kappa shape index (κ1) is 7.50. The van der Waals surface area contributed by atoms with Crippen LogP contribution in [0.1, 0.15) is 13.8 Å². The van der Waals surface area contributed by atoms with Crippen LogP contribution >= 0.6 is 0 Å². The maximum absolute atomic E-state index is 3.09. The standard InChI is InChI=1S/C6H14N2/c1-5-6(2)7-8(3)4/h5,7H,1-4H3/b6-5+. The van der Waals surface area contributed by atoms with Gasteiger partial charge in [-0.2, -0.15) is 0 Å². The number of nitrogens with zero attached hydrogens (tertiary/aromatic N) is 1. The Hall–Kier alpha value is -0.500. The van der Waals surface area contributed by atoms with E-state index in [-0.39, 0.29) is 0 Å². The van der Waals surface area contributed by atoms with Gasteiger partial charge in [0.25, 0.3) is 0 Å². The minimum absolute atomic E-state index is 1.18. The van der Waals surface area contributed by atoms with E-state index in [0.717, 1.165) is 0 Å². The van der Waals surface area contributed by atoms with Gasteiger partial charge >= 0.3 is 0 Å². The molecule has 0 heterocycles. The third-order valence-corrected chi connectivity index (χ3v) is 0.833. The van der Waals surface area contributed by atoms with Crippen LogP contribution in [0.15, 0.2) is 11.8 Å². The Balaban J connectivity index is 3.39. The molecule has 0 rings (SSSR count). The van der Waals surface area contributed by atoms with Crippen molar-refractivity contribution in [3.63, 3.8) is 0 Å². The highest BCUT2D eigenvalue weighted by Crippen LogP contribution is 1.82. The topological polar surface area (TPSA) is 15.3 Å². The molecule has 0 aliphatic carbocycles. The molecule has 0 bridgehead atoms. The fraction of sp³-hybridized carbons (Fsp3) is 0.667. The average molecular weight is 114 g/mol. The minimum atomic E-state index is 1.18. The molecule has 0 aromatic rings. The Kier molecular flexibility index (Phi) is 3.28. The van der Waals surface area contributed by atoms with E-state index < -0.39 is 0 Å². The monoisotopic (exact) mass is 114 g/mol. The van der Waals surface area contributed by atoms with Crippen LogP contribution in [0.4, 0.5) is 0 Å². The molecule has 8 heavy (non-hydrogen) atoms. The molecule has 0 aliphatic heterocycles. The summed E-state index contributed by atoms with van der Waals surface area (Å²) in [6.45, 7) is 4.03. The second-order valence-electron chi connectivity index (χ2n) is 1.98. The van der Waals surface area contributed by atoms with Crippen LogP contribution in [-0.2, 0) is 0 Å². The Bertz CT molecular complexity index is 84.5. The zero-order chi connectivity index (χ0) is 6.57. The van der Waals surface area contributed by atoms with E-state index in [9.17, 15) is 0 Å². The van der Waals surface area contributed by atoms with Crippen LogP contribution in [-0.4, -0.2) is 19.1 Å². The normalized spacial score (nSPS) is 12.4. The SMILES string of the molecule is C/C=C(\C)NN(C)C. The van der Waals surface area contributed by atoms with Gasteiger partial charge in [0.05, 0.1) is 0 Å². The molecule has 0 amide bonds. The maximum atomic E-state index is 3.09. The molecule has 0 aromatic carbocycles. The van der Waals surface area contributed by atoms with Gasteiger partial charge in [-0.25, -0.2) is 5.01 Å². The van der Waals surface area contributed by atoms with Crippen LogP contribution in [0, 0.1) is 0 Å². The first-order valence-corrected chi connectivity index (χ1v) is 2.73. The van der Waals surface area contributed by atoms with Crippen molar-refractivity contribution in [2.45, 2.75) is 13.8 Å². The van der Waals surface area contributed by atoms with Gasteiger partial charge in [0, 0.05) is 19.8 Å². The zero-order valence-electron chi connectivity index (χ0n) is 6.02. The molecular formula is C6H14N2. The van der Waals surface area contributed by atoms with Crippen LogP contribution in [0.5, 0.6) is 0 Å². The van der Waals surface area contributed by atoms with Crippen LogP contribution in [0.25, 0.3) is 0 Å². The predicted molar refractivity (Wildman–Crippen MR) is 36.3 cm³/mol. The third kappa shape index (κ3) is 3.68. The van der Waals surface area contributed by atoms with E-state index in [4.69, 9.17) is 0 Å². The van der Waals surface area contributed by atoms with Gasteiger partial charge in [0.1, 0.15) is 0 Å². The smallest absolute Gasteiger partial charge is 0.0190 e. The van der Waals surface area contributed by atoms with Crippen molar-refractivity contribution in [1.29, 1.82) is 0 Å². The lowest BCUT2D eigenvalue weighted by atomic mass is 10.5. The molecule has 0 saturated heterocycles. The number of nitrogens with one attached hydrogen (secondary N) is 1. The Morgan fingerprint density at radius 1 is 1.50 bits per heavy atom. The van der Waals surface area contributed by atoms with Crippen LogP contribution in [0.3, 0.4) is 0 Å². The average Bonchev–Trinajstić information content (AvgIpc) is 1.65. The molecule has 0 unspecified atom stereocenters. The van der Waals surface area contributed by atoms with E-state index >= 15 is 0 Å². The second-order valence-corrected chi connectivity index (χ2v) is 1.98. The van der Waals surface area contributed by atoms with E-state index in [2.05, 4.69) is 5.43 Å². The number of hydrogen-bond acceptors (Lipinski definition) is 2. The Morgan fingerprint density at radius 2 is 2.00 bits per heavy atom. The van der Waals surface area contributed by atoms with Gasteiger partial charge in [-0.05, 0) is 13.8 Å². The summed E-state index contributed by atoms with van der Waals surface area (Å²) in [5.41, 5.74) is 4.26. The highest BCUT2D eigenvalue weighted by Gasteiger charge is 1.83. The first-order chi connectivity index (χ1) is 3.66. The lowest BCUT2D eigenvalue weighted by Gasteiger charge is -2.12. The molecule has 0 aromatic heterocycles. The summed E-state index contributed by atoms with van der Waals surface area (Å²) in [4.78, 5) is 0. The molecule has 0 aliphatic rings. The van der Waals surface area contributed by atoms with Crippen LogP contribution in [0.2, 0.25) is 0 Å². The third-order valence-electron chi connectivity index (χ3n) is 0.833. The lowest BCUT2D eigenvalue weighted by molar-refractivity contribution is 0.328. The van der Waals surface area contributed by atoms with Gasteiger partial charge in [0.15, 0.2) is 0 Å². The van der Waals surface area contributed by atoms with Crippen molar-refractivity contribution in [3.8, 4) is 0 Å². The molecular weight excluding hydrogens is 100 g/mol. The van der Waals surface area contributed by atoms with Crippen molar-refractivity contribution < 1.29 is 0 Å². The molecule has 0 atom stereocenters. The maximum Gasteiger partial charge on any atom is 0.0190 e. The fourth-order valence-electron chi connectivity index (χ4n) is 0.417. The summed E-state index contributed by atoms with van der Waals surface area (Å²) in [5.74, 6) is 0. The van der Waals surface area contributed by atoms with E-state index in [1.807, 2.05) is 39.0 Å². The van der Waals surface area contributed by atoms with Gasteiger partial charge < -0.3 is 5.43 Å². The lowest BCUT2D eigenvalue weighted by Crippen LogP contribution is -2.28. The quantitative estimate of drug-likeness (QED) is 0.538. The summed E-state index contributed by atoms with van der Waals surface area (Å²) in [6, 6.07) is 0. The number of rotatable bonds is 2. The molecule has 0 fully saturated rings. The van der Waals surface area contributed by atoms with E-state index in [1.165, 1.54) is 5.70 Å². The summed E-state index contributed by atoms with van der Waals surface area (Å²) >= 11 is 0. The van der Waals surface area contributed by atoms with Crippen molar-refractivity contribution in [2.24, 2.45) is 0 Å². The largest absolute Gasteiger partial charge is 0.324 e. The van der Waals surface area contributed by atoms with Crippen LogP contribution < -0.4 is 5.43 Å². The summed E-state index contributed by atoms with van der Waals surface area (Å²) in [7, 11) is 3.93. The first-order valence-electron chi connectivity index (χ1n) is 2.73. The molecule has 1 N–H and O–H groups in total. The number of allylic oxidation sites excluding steroid dienone is 2. The summed E-state index contributed by atoms with van der Waals surface area (Å²) in [5, 5.41) is 1.91. The highest BCUT2D eigenvalue weighted by atomic mass is 15.5. The highest BCUT2D eigenvalue weighted by molar-refractivity contribution is 4.90. The molecule has 0 spiro atoms. The second kappa shape index (κ2) is 3.50. The fourth-order valence-corrected chi connectivity index (χ4v) is 0.417. The minimum Gasteiger partial charge on any atom is -0.324 e.